The van der Waals surface area contributed by atoms with Gasteiger partial charge in [0.1, 0.15) is 36.8 Å². The third-order valence-corrected chi connectivity index (χ3v) is 11.7. The van der Waals surface area contributed by atoms with E-state index in [1.807, 2.05) is 44.2 Å². The quantitative estimate of drug-likeness (QED) is 0.181. The van der Waals surface area contributed by atoms with Gasteiger partial charge in [-0.1, -0.05) is 78.3 Å². The average molecular weight is 808 g/mol. The van der Waals surface area contributed by atoms with E-state index in [4.69, 9.17) is 15.9 Å². The molecule has 2 aliphatic heterocycles. The van der Waals surface area contributed by atoms with Gasteiger partial charge >= 0.3 is 11.9 Å². The van der Waals surface area contributed by atoms with E-state index in [-0.39, 0.29) is 25.3 Å². The second kappa shape index (κ2) is 21.7. The van der Waals surface area contributed by atoms with Crippen LogP contribution >= 0.6 is 0 Å². The maximum absolute atomic E-state index is 14.5. The van der Waals surface area contributed by atoms with Crippen molar-refractivity contribution in [3.63, 3.8) is 0 Å². The molecule has 0 saturated carbocycles. The summed E-state index contributed by atoms with van der Waals surface area (Å²) in [6.07, 6.45) is 6.09. The van der Waals surface area contributed by atoms with Crippen LogP contribution in [0.2, 0.25) is 0 Å². The van der Waals surface area contributed by atoms with E-state index in [1.165, 1.54) is 16.8 Å². The second-order valence-corrected chi connectivity index (χ2v) is 16.7. The van der Waals surface area contributed by atoms with Gasteiger partial charge in [-0.2, -0.15) is 0 Å². The molecule has 1 aromatic carbocycles. The molecule has 0 aliphatic carbocycles. The number of cyclic esters (lactones) is 2. The zero-order chi connectivity index (χ0) is 43.3. The summed E-state index contributed by atoms with van der Waals surface area (Å²) in [7, 11) is 1.47. The van der Waals surface area contributed by atoms with Crippen LogP contribution in [-0.4, -0.2) is 108 Å². The van der Waals surface area contributed by atoms with Crippen LogP contribution in [0.1, 0.15) is 106 Å². The molecule has 3 rings (SSSR count). The zero-order valence-corrected chi connectivity index (χ0v) is 35.8. The molecule has 1 aromatic rings. The van der Waals surface area contributed by atoms with Gasteiger partial charge in [0.2, 0.25) is 23.6 Å². The average Bonchev–Trinajstić information content (AvgIpc) is 3.70. The summed E-state index contributed by atoms with van der Waals surface area (Å²) in [6, 6.07) is 4.78. The van der Waals surface area contributed by atoms with Gasteiger partial charge in [-0.05, 0) is 63.4 Å². The van der Waals surface area contributed by atoms with Crippen LogP contribution < -0.4 is 16.0 Å². The van der Waals surface area contributed by atoms with E-state index in [1.54, 1.807) is 41.5 Å². The van der Waals surface area contributed by atoms with E-state index in [2.05, 4.69) is 21.9 Å². The van der Waals surface area contributed by atoms with Crippen molar-refractivity contribution in [1.29, 1.82) is 0 Å². The van der Waals surface area contributed by atoms with Crippen molar-refractivity contribution in [2.24, 2.45) is 23.2 Å². The van der Waals surface area contributed by atoms with Crippen LogP contribution in [0, 0.1) is 35.5 Å². The number of terminal acetylenes is 1. The lowest BCUT2D eigenvalue weighted by atomic mass is 9.82. The number of nitrogens with zero attached hydrogens (tertiary/aromatic N) is 2. The van der Waals surface area contributed by atoms with Crippen LogP contribution in [0.5, 0.6) is 0 Å². The number of amides is 5. The molecule has 8 atom stereocenters. The highest BCUT2D eigenvalue weighted by atomic mass is 16.6. The largest absolute Gasteiger partial charge is 0.460 e. The third-order valence-electron chi connectivity index (χ3n) is 11.7. The van der Waals surface area contributed by atoms with Gasteiger partial charge in [0, 0.05) is 32.4 Å². The Morgan fingerprint density at radius 3 is 2.14 bits per heavy atom. The first kappa shape index (κ1) is 47.4. The number of ether oxygens (including phenoxy) is 2. The zero-order valence-electron chi connectivity index (χ0n) is 35.8. The number of carbonyl (C=O) groups excluding carboxylic acids is 7. The summed E-state index contributed by atoms with van der Waals surface area (Å²) >= 11 is 0. The molecule has 0 aromatic heterocycles. The Hall–Kier alpha value is -4.93. The van der Waals surface area contributed by atoms with E-state index in [0.29, 0.717) is 38.5 Å². The Bertz CT molecular complexity index is 1660. The molecule has 14 heteroatoms. The van der Waals surface area contributed by atoms with Gasteiger partial charge in [0.05, 0.1) is 5.41 Å². The summed E-state index contributed by atoms with van der Waals surface area (Å²) in [5, 5.41) is 8.30. The highest BCUT2D eigenvalue weighted by Gasteiger charge is 2.45. The minimum atomic E-state index is -1.39. The molecule has 2 fully saturated rings. The highest BCUT2D eigenvalue weighted by molar-refractivity contribution is 5.96. The predicted octanol–water partition coefficient (Wildman–Crippen LogP) is 3.55. The van der Waals surface area contributed by atoms with Crippen molar-refractivity contribution in [3.05, 3.63) is 35.9 Å². The van der Waals surface area contributed by atoms with Crippen LogP contribution in [0.4, 0.5) is 0 Å². The fourth-order valence-electron chi connectivity index (χ4n) is 7.25. The van der Waals surface area contributed by atoms with Crippen LogP contribution in [0.15, 0.2) is 30.3 Å². The number of rotatable bonds is 10. The van der Waals surface area contributed by atoms with Crippen LogP contribution in [-0.2, 0) is 49.5 Å². The first-order chi connectivity index (χ1) is 27.4. The van der Waals surface area contributed by atoms with Gasteiger partial charge in [0.15, 0.2) is 6.10 Å². The maximum Gasteiger partial charge on any atom is 0.329 e. The first-order valence-electron chi connectivity index (χ1n) is 20.7. The number of fused-ring (bicyclic) bond motifs is 1. The molecule has 2 heterocycles. The summed E-state index contributed by atoms with van der Waals surface area (Å²) in [5.74, 6) is -3.17. The Morgan fingerprint density at radius 1 is 0.879 bits per heavy atom. The molecule has 320 valence electrons. The number of hydrogen-bond acceptors (Lipinski definition) is 9. The molecular formula is C44H65N5O9. The van der Waals surface area contributed by atoms with Crippen molar-refractivity contribution >= 4 is 41.5 Å². The van der Waals surface area contributed by atoms with E-state index < -0.39 is 102 Å². The topological polar surface area (TPSA) is 181 Å². The van der Waals surface area contributed by atoms with Crippen molar-refractivity contribution in [2.45, 2.75) is 143 Å². The van der Waals surface area contributed by atoms with Crippen LogP contribution in [0.25, 0.3) is 0 Å². The Kier molecular flexibility index (Phi) is 17.8. The number of carbonyl (C=O) groups is 7. The predicted molar refractivity (Wildman–Crippen MR) is 218 cm³/mol. The summed E-state index contributed by atoms with van der Waals surface area (Å²) < 4.78 is 12.0. The number of hydrogen-bond donors (Lipinski definition) is 3. The normalized spacial score (nSPS) is 26.8. The minimum absolute atomic E-state index is 0.0502. The molecule has 0 spiro atoms. The molecule has 0 bridgehead atoms. The molecule has 58 heavy (non-hydrogen) atoms. The summed E-state index contributed by atoms with van der Waals surface area (Å²) in [6.45, 7) is 13.7. The monoisotopic (exact) mass is 807 g/mol. The SMILES string of the molecule is C#CCCC[C@@H]1OC(=O)CNC(=O)C([C@@H](C)CC)NC(=O)[C@@H]2CCCN2C(=O)[C@H]([C@@H](C)CC)OC(=O)[C@H](Cc2ccccc2)N(C)C(=O)C(C(C)C)NC(=O)C1(C)C. The lowest BCUT2D eigenvalue weighted by Gasteiger charge is -2.37. The van der Waals surface area contributed by atoms with E-state index in [9.17, 15) is 33.6 Å². The fraction of sp³-hybridized carbons (Fsp3) is 0.659. The Labute approximate surface area is 344 Å². The van der Waals surface area contributed by atoms with Gasteiger partial charge in [-0.15, -0.1) is 12.3 Å². The number of likely N-dealkylation sites (N-methyl/N-ethyl adjacent to an activating group) is 1. The van der Waals surface area contributed by atoms with Gasteiger partial charge < -0.3 is 35.2 Å². The maximum atomic E-state index is 14.5. The Balaban J connectivity index is 2.16. The Morgan fingerprint density at radius 2 is 1.53 bits per heavy atom. The molecule has 14 nitrogen and oxygen atoms in total. The first-order valence-corrected chi connectivity index (χ1v) is 20.7. The standard InChI is InChI=1S/C44H65N5O9/c1-11-14-16-23-33-44(8,9)43(56)47-35(27(4)5)40(53)48(10)32(25-30-20-17-15-18-21-30)42(55)58-37(29(7)13-3)41(54)49-24-19-22-31(49)38(51)46-36(28(6)12-2)39(52)45-26-34(50)57-33/h1,15,17-18,20-21,27-29,31-33,35-37H,12-14,16,19,22-26H2,2-10H3,(H,45,52)(H,46,51)(H,47,56)/t28-,29-,31-,32-,33-,35?,36?,37-/m0/s1. The molecule has 0 radical (unpaired) electrons. The minimum Gasteiger partial charge on any atom is -0.460 e. The lowest BCUT2D eigenvalue weighted by Crippen LogP contribution is -2.59. The third kappa shape index (κ3) is 12.1. The van der Waals surface area contributed by atoms with Crippen molar-refractivity contribution in [3.8, 4) is 12.3 Å². The van der Waals surface area contributed by atoms with Gasteiger partial charge in [-0.3, -0.25) is 28.8 Å². The number of benzene rings is 1. The number of esters is 2. The molecular weight excluding hydrogens is 743 g/mol. The second-order valence-electron chi connectivity index (χ2n) is 16.7. The molecule has 2 saturated heterocycles. The van der Waals surface area contributed by atoms with Crippen molar-refractivity contribution < 1.29 is 43.0 Å². The van der Waals surface area contributed by atoms with Gasteiger partial charge in [-0.25, -0.2) is 4.79 Å². The van der Waals surface area contributed by atoms with Crippen molar-refractivity contribution in [1.82, 2.24) is 25.8 Å². The molecule has 3 N–H and O–H groups in total. The summed E-state index contributed by atoms with van der Waals surface area (Å²) in [4.78, 5) is 101. The van der Waals surface area contributed by atoms with Crippen LogP contribution in [0.3, 0.4) is 0 Å². The smallest absolute Gasteiger partial charge is 0.329 e. The number of nitrogens with one attached hydrogen (secondary N) is 3. The van der Waals surface area contributed by atoms with E-state index in [0.717, 1.165) is 5.56 Å². The van der Waals surface area contributed by atoms with Crippen molar-refractivity contribution in [2.75, 3.05) is 20.1 Å². The highest BCUT2D eigenvalue weighted by Crippen LogP contribution is 2.30. The number of unbranched alkanes of at least 4 members (excludes halogenated alkanes) is 1. The fourth-order valence-corrected chi connectivity index (χ4v) is 7.25. The van der Waals surface area contributed by atoms with Gasteiger partial charge in [0.25, 0.3) is 5.91 Å². The molecule has 5 amide bonds. The molecule has 2 unspecified atom stereocenters. The van der Waals surface area contributed by atoms with E-state index >= 15 is 0 Å². The molecule has 2 aliphatic rings. The lowest BCUT2D eigenvalue weighted by molar-refractivity contribution is -0.170. The summed E-state index contributed by atoms with van der Waals surface area (Å²) in [5.41, 5.74) is -0.653.